The van der Waals surface area contributed by atoms with E-state index in [2.05, 4.69) is 4.98 Å². The molecule has 0 spiro atoms. The zero-order valence-electron chi connectivity index (χ0n) is 9.00. The summed E-state index contributed by atoms with van der Waals surface area (Å²) in [6.07, 6.45) is 3.16. The molecule has 0 aromatic carbocycles. The quantitative estimate of drug-likeness (QED) is 0.818. The molecule has 84 valence electrons. The highest BCUT2D eigenvalue weighted by atomic mass is 16.1. The summed E-state index contributed by atoms with van der Waals surface area (Å²) in [4.78, 5) is 15.9. The van der Waals surface area contributed by atoms with Crippen molar-refractivity contribution in [3.05, 3.63) is 58.3 Å². The summed E-state index contributed by atoms with van der Waals surface area (Å²) in [6, 6.07) is 8.64. The van der Waals surface area contributed by atoms with Crippen LogP contribution in [0.1, 0.15) is 11.3 Å². The van der Waals surface area contributed by atoms with E-state index in [9.17, 15) is 4.79 Å². The zero-order valence-corrected chi connectivity index (χ0v) is 9.00. The summed E-state index contributed by atoms with van der Waals surface area (Å²) in [5.41, 5.74) is 6.44. The predicted octanol–water partition coefficient (Wildman–Crippen LogP) is 0.745. The van der Waals surface area contributed by atoms with Crippen molar-refractivity contribution in [1.82, 2.24) is 9.55 Å². The normalized spacial score (nSPS) is 9.82. The molecule has 2 aromatic heterocycles. The largest absolute Gasteiger partial charge is 0.398 e. The number of nitrogen functional groups attached to an aromatic ring is 1. The average molecular weight is 226 g/mol. The van der Waals surface area contributed by atoms with Crippen LogP contribution < -0.4 is 11.3 Å². The van der Waals surface area contributed by atoms with Gasteiger partial charge in [-0.1, -0.05) is 6.07 Å². The smallest absolute Gasteiger partial charge is 0.268 e. The molecular formula is C12H10N4O. The van der Waals surface area contributed by atoms with Crippen molar-refractivity contribution >= 4 is 5.69 Å². The average Bonchev–Trinajstić information content (AvgIpc) is 2.34. The molecule has 5 nitrogen and oxygen atoms in total. The molecule has 17 heavy (non-hydrogen) atoms. The summed E-state index contributed by atoms with van der Waals surface area (Å²) in [7, 11) is 0. The lowest BCUT2D eigenvalue weighted by Gasteiger charge is -2.06. The third-order valence-corrected chi connectivity index (χ3v) is 2.29. The molecule has 2 aromatic rings. The van der Waals surface area contributed by atoms with Crippen LogP contribution in [0.2, 0.25) is 0 Å². The SMILES string of the molecule is N#Cc1cc(N)cn(Cc2ccccn2)c1=O. The van der Waals surface area contributed by atoms with Gasteiger partial charge in [-0.25, -0.2) is 0 Å². The van der Waals surface area contributed by atoms with Crippen LogP contribution in [0, 0.1) is 11.3 Å². The molecule has 0 saturated carbocycles. The number of nitriles is 1. The van der Waals surface area contributed by atoms with E-state index >= 15 is 0 Å². The molecule has 0 bridgehead atoms. The number of hydrogen-bond donors (Lipinski definition) is 1. The number of anilines is 1. The van der Waals surface area contributed by atoms with E-state index in [0.29, 0.717) is 12.2 Å². The van der Waals surface area contributed by atoms with E-state index in [-0.39, 0.29) is 11.1 Å². The number of nitrogens with two attached hydrogens (primary N) is 1. The minimum atomic E-state index is -0.354. The third-order valence-electron chi connectivity index (χ3n) is 2.29. The van der Waals surface area contributed by atoms with Gasteiger partial charge in [-0.05, 0) is 18.2 Å². The van der Waals surface area contributed by atoms with E-state index in [0.717, 1.165) is 5.69 Å². The first kappa shape index (κ1) is 10.9. The second kappa shape index (κ2) is 4.49. The van der Waals surface area contributed by atoms with Crippen LogP contribution in [0.15, 0.2) is 41.5 Å². The molecule has 2 N–H and O–H groups in total. The van der Waals surface area contributed by atoms with Crippen LogP contribution in [0.4, 0.5) is 5.69 Å². The molecule has 2 heterocycles. The van der Waals surface area contributed by atoms with Crippen LogP contribution in [-0.4, -0.2) is 9.55 Å². The van der Waals surface area contributed by atoms with Crippen molar-refractivity contribution in [2.75, 3.05) is 5.73 Å². The molecule has 0 amide bonds. The number of nitrogens with zero attached hydrogens (tertiary/aromatic N) is 3. The highest BCUT2D eigenvalue weighted by Gasteiger charge is 2.05. The van der Waals surface area contributed by atoms with E-state index in [1.807, 2.05) is 18.2 Å². The number of hydrogen-bond acceptors (Lipinski definition) is 4. The second-order valence-electron chi connectivity index (χ2n) is 3.55. The topological polar surface area (TPSA) is 84.7 Å². The lowest BCUT2D eigenvalue weighted by Crippen LogP contribution is -2.23. The summed E-state index contributed by atoms with van der Waals surface area (Å²) in [5.74, 6) is 0. The summed E-state index contributed by atoms with van der Waals surface area (Å²) in [6.45, 7) is 0.305. The van der Waals surface area contributed by atoms with Gasteiger partial charge in [0.1, 0.15) is 11.6 Å². The second-order valence-corrected chi connectivity index (χ2v) is 3.55. The van der Waals surface area contributed by atoms with Gasteiger partial charge in [0.25, 0.3) is 5.56 Å². The molecule has 0 unspecified atom stereocenters. The molecule has 5 heteroatoms. The lowest BCUT2D eigenvalue weighted by molar-refractivity contribution is 0.739. The van der Waals surface area contributed by atoms with Gasteiger partial charge in [0.2, 0.25) is 0 Å². The summed E-state index contributed by atoms with van der Waals surface area (Å²) in [5, 5.41) is 8.80. The van der Waals surface area contributed by atoms with Gasteiger partial charge in [0.15, 0.2) is 0 Å². The van der Waals surface area contributed by atoms with Gasteiger partial charge in [-0.3, -0.25) is 9.78 Å². The number of rotatable bonds is 2. The monoisotopic (exact) mass is 226 g/mol. The Morgan fingerprint density at radius 3 is 2.94 bits per heavy atom. The molecule has 0 fully saturated rings. The molecule has 0 aliphatic carbocycles. The van der Waals surface area contributed by atoms with Crippen molar-refractivity contribution in [3.63, 3.8) is 0 Å². The highest BCUT2D eigenvalue weighted by Crippen LogP contribution is 2.03. The number of aromatic nitrogens is 2. The molecular weight excluding hydrogens is 216 g/mol. The standard InChI is InChI=1S/C12H10N4O/c13-6-9-5-10(14)7-16(12(9)17)8-11-3-1-2-4-15-11/h1-5,7H,8,14H2. The summed E-state index contributed by atoms with van der Waals surface area (Å²) < 4.78 is 1.39. The fourth-order valence-corrected chi connectivity index (χ4v) is 1.52. The third kappa shape index (κ3) is 2.32. The minimum absolute atomic E-state index is 0.0425. The Bertz CT molecular complexity index is 625. The molecule has 0 saturated heterocycles. The van der Waals surface area contributed by atoms with Crippen LogP contribution in [-0.2, 0) is 6.54 Å². The van der Waals surface area contributed by atoms with Crippen molar-refractivity contribution < 1.29 is 0 Å². The van der Waals surface area contributed by atoms with Crippen molar-refractivity contribution in [3.8, 4) is 6.07 Å². The fraction of sp³-hybridized carbons (Fsp3) is 0.0833. The van der Waals surface area contributed by atoms with Gasteiger partial charge in [0.05, 0.1) is 12.2 Å². The molecule has 0 atom stereocenters. The maximum Gasteiger partial charge on any atom is 0.268 e. The van der Waals surface area contributed by atoms with Crippen molar-refractivity contribution in [1.29, 1.82) is 5.26 Å². The van der Waals surface area contributed by atoms with Crippen LogP contribution in [0.3, 0.4) is 0 Å². The summed E-state index contributed by atoms with van der Waals surface area (Å²) >= 11 is 0. The molecule has 0 aliphatic rings. The maximum absolute atomic E-state index is 11.8. The van der Waals surface area contributed by atoms with Crippen molar-refractivity contribution in [2.45, 2.75) is 6.54 Å². The maximum atomic E-state index is 11.8. The Labute approximate surface area is 97.8 Å². The predicted molar refractivity (Wildman–Crippen MR) is 63.2 cm³/mol. The van der Waals surface area contributed by atoms with E-state index in [1.165, 1.54) is 16.8 Å². The van der Waals surface area contributed by atoms with E-state index in [1.54, 1.807) is 12.3 Å². The minimum Gasteiger partial charge on any atom is -0.398 e. The zero-order chi connectivity index (χ0) is 12.3. The first-order chi connectivity index (χ1) is 8.20. The Morgan fingerprint density at radius 2 is 2.29 bits per heavy atom. The molecule has 2 rings (SSSR count). The van der Waals surface area contributed by atoms with Gasteiger partial charge in [-0.15, -0.1) is 0 Å². The number of pyridine rings is 2. The van der Waals surface area contributed by atoms with Gasteiger partial charge >= 0.3 is 0 Å². The lowest BCUT2D eigenvalue weighted by atomic mass is 10.2. The molecule has 0 radical (unpaired) electrons. The fourth-order valence-electron chi connectivity index (χ4n) is 1.52. The van der Waals surface area contributed by atoms with E-state index in [4.69, 9.17) is 11.0 Å². The van der Waals surface area contributed by atoms with Gasteiger partial charge < -0.3 is 10.3 Å². The first-order valence-electron chi connectivity index (χ1n) is 5.00. The van der Waals surface area contributed by atoms with Crippen LogP contribution in [0.5, 0.6) is 0 Å². The van der Waals surface area contributed by atoms with Crippen LogP contribution >= 0.6 is 0 Å². The van der Waals surface area contributed by atoms with Crippen LogP contribution in [0.25, 0.3) is 0 Å². The van der Waals surface area contributed by atoms with E-state index < -0.39 is 0 Å². The Balaban J connectivity index is 2.44. The Hall–Kier alpha value is -2.61. The highest BCUT2D eigenvalue weighted by molar-refractivity contribution is 5.42. The Morgan fingerprint density at radius 1 is 1.47 bits per heavy atom. The van der Waals surface area contributed by atoms with Gasteiger partial charge in [-0.2, -0.15) is 5.26 Å². The Kier molecular flexibility index (Phi) is 2.88. The first-order valence-corrected chi connectivity index (χ1v) is 5.00. The van der Waals surface area contributed by atoms with Crippen molar-refractivity contribution in [2.24, 2.45) is 0 Å². The van der Waals surface area contributed by atoms with Gasteiger partial charge in [0, 0.05) is 18.1 Å². The molecule has 0 aliphatic heterocycles.